The van der Waals surface area contributed by atoms with E-state index in [1.165, 1.54) is 6.20 Å². The van der Waals surface area contributed by atoms with Gasteiger partial charge in [0.05, 0.1) is 13.2 Å². The third-order valence-electron chi connectivity index (χ3n) is 5.01. The Bertz CT molecular complexity index is 857. The Hall–Kier alpha value is -2.63. The highest BCUT2D eigenvalue weighted by Gasteiger charge is 2.33. The summed E-state index contributed by atoms with van der Waals surface area (Å²) in [4.78, 5) is 34.1. The zero-order chi connectivity index (χ0) is 17.4. The molecule has 1 atom stereocenters. The number of aromatic nitrogens is 2. The van der Waals surface area contributed by atoms with Crippen LogP contribution >= 0.6 is 0 Å². The Kier molecular flexibility index (Phi) is 4.03. The van der Waals surface area contributed by atoms with Crippen LogP contribution in [0.25, 0.3) is 0 Å². The number of carbonyl (C=O) groups excluding carboxylic acids is 1. The van der Waals surface area contributed by atoms with Crippen LogP contribution in [0.4, 0.5) is 0 Å². The van der Waals surface area contributed by atoms with E-state index in [2.05, 4.69) is 9.97 Å². The fourth-order valence-corrected chi connectivity index (χ4v) is 3.49. The quantitative estimate of drug-likeness (QED) is 0.929. The number of likely N-dealkylation sites (tertiary alicyclic amines) is 1. The maximum atomic E-state index is 12.9. The van der Waals surface area contributed by atoms with Gasteiger partial charge in [-0.25, -0.2) is 4.98 Å². The lowest BCUT2D eigenvalue weighted by Gasteiger charge is -2.25. The lowest BCUT2D eigenvalue weighted by Crippen LogP contribution is -2.35. The molecule has 130 valence electrons. The van der Waals surface area contributed by atoms with Gasteiger partial charge in [-0.3, -0.25) is 9.59 Å². The smallest absolute Gasteiger partial charge is 0.263 e. The third kappa shape index (κ3) is 3.04. The predicted molar refractivity (Wildman–Crippen MR) is 92.8 cm³/mol. The van der Waals surface area contributed by atoms with Crippen molar-refractivity contribution in [2.45, 2.75) is 37.6 Å². The van der Waals surface area contributed by atoms with Crippen molar-refractivity contribution in [1.82, 2.24) is 14.9 Å². The van der Waals surface area contributed by atoms with Gasteiger partial charge in [0.2, 0.25) is 0 Å². The van der Waals surface area contributed by atoms with E-state index in [-0.39, 0.29) is 23.1 Å². The molecule has 6 nitrogen and oxygen atoms in total. The number of aromatic amines is 1. The van der Waals surface area contributed by atoms with Gasteiger partial charge in [-0.15, -0.1) is 0 Å². The minimum atomic E-state index is -0.335. The summed E-state index contributed by atoms with van der Waals surface area (Å²) >= 11 is 0. The molecule has 2 aromatic rings. The molecule has 1 saturated carbocycles. The average molecular weight is 339 g/mol. The van der Waals surface area contributed by atoms with Crippen molar-refractivity contribution in [3.8, 4) is 5.75 Å². The summed E-state index contributed by atoms with van der Waals surface area (Å²) in [5.41, 5.74) is 0.821. The highest BCUT2D eigenvalue weighted by molar-refractivity contribution is 5.94. The van der Waals surface area contributed by atoms with Crippen LogP contribution in [-0.2, 0) is 0 Å². The topological polar surface area (TPSA) is 75.3 Å². The molecule has 1 aliphatic heterocycles. The number of amides is 1. The first kappa shape index (κ1) is 15.9. The summed E-state index contributed by atoms with van der Waals surface area (Å²) in [5, 5.41) is 0. The minimum absolute atomic E-state index is 0.0369. The molecule has 0 bridgehead atoms. The van der Waals surface area contributed by atoms with Gasteiger partial charge in [0.25, 0.3) is 11.5 Å². The molecule has 1 N–H and O–H groups in total. The minimum Gasteiger partial charge on any atom is -0.497 e. The molecule has 1 aliphatic carbocycles. The summed E-state index contributed by atoms with van der Waals surface area (Å²) in [5.74, 6) is 1.58. The van der Waals surface area contributed by atoms with Crippen LogP contribution in [0.5, 0.6) is 5.75 Å². The van der Waals surface area contributed by atoms with E-state index in [0.29, 0.717) is 18.3 Å². The van der Waals surface area contributed by atoms with Gasteiger partial charge >= 0.3 is 0 Å². The van der Waals surface area contributed by atoms with Gasteiger partial charge in [0.1, 0.15) is 17.1 Å². The van der Waals surface area contributed by atoms with Crippen LogP contribution in [0.2, 0.25) is 0 Å². The van der Waals surface area contributed by atoms with Gasteiger partial charge in [-0.05, 0) is 43.4 Å². The van der Waals surface area contributed by atoms with Crippen molar-refractivity contribution < 1.29 is 9.53 Å². The number of methoxy groups -OCH3 is 1. The fraction of sp³-hybridized carbons (Fsp3) is 0.421. The number of ether oxygens (including phenoxy) is 1. The number of carbonyl (C=O) groups is 1. The molecule has 2 fully saturated rings. The summed E-state index contributed by atoms with van der Waals surface area (Å²) in [6, 6.07) is 7.72. The molecular weight excluding hydrogens is 318 g/mol. The van der Waals surface area contributed by atoms with Gasteiger partial charge in [0, 0.05) is 18.7 Å². The molecule has 0 radical (unpaired) electrons. The number of nitrogens with one attached hydrogen (secondary N) is 1. The maximum Gasteiger partial charge on any atom is 0.263 e. The second-order valence-corrected chi connectivity index (χ2v) is 6.72. The molecule has 2 aliphatic rings. The van der Waals surface area contributed by atoms with Crippen molar-refractivity contribution >= 4 is 5.91 Å². The monoisotopic (exact) mass is 339 g/mol. The van der Waals surface area contributed by atoms with E-state index < -0.39 is 0 Å². The second kappa shape index (κ2) is 6.35. The number of rotatable bonds is 4. The number of hydrogen-bond donors (Lipinski definition) is 1. The van der Waals surface area contributed by atoms with E-state index in [1.807, 2.05) is 24.3 Å². The molecule has 25 heavy (non-hydrogen) atoms. The van der Waals surface area contributed by atoms with Crippen molar-refractivity contribution in [3.63, 3.8) is 0 Å². The highest BCUT2D eigenvalue weighted by atomic mass is 16.5. The van der Waals surface area contributed by atoms with Crippen LogP contribution in [0.1, 0.15) is 59.4 Å². The average Bonchev–Trinajstić information content (AvgIpc) is 3.37. The largest absolute Gasteiger partial charge is 0.497 e. The molecule has 1 amide bonds. The van der Waals surface area contributed by atoms with Crippen molar-refractivity contribution in [1.29, 1.82) is 0 Å². The molecule has 4 rings (SSSR count). The van der Waals surface area contributed by atoms with Gasteiger partial charge in [0.15, 0.2) is 0 Å². The van der Waals surface area contributed by atoms with Gasteiger partial charge in [-0.2, -0.15) is 0 Å². The van der Waals surface area contributed by atoms with E-state index in [4.69, 9.17) is 4.74 Å². The maximum absolute atomic E-state index is 12.9. The lowest BCUT2D eigenvalue weighted by molar-refractivity contribution is 0.0733. The number of benzene rings is 1. The molecule has 1 aromatic heterocycles. The fourth-order valence-electron chi connectivity index (χ4n) is 3.49. The Morgan fingerprint density at radius 1 is 1.32 bits per heavy atom. The Balaban J connectivity index is 1.61. The SMILES string of the molecule is COc1cccc([C@H]2CCCN2C(=O)c2cnc(C3CC3)[nH]c2=O)c1. The van der Waals surface area contributed by atoms with Crippen LogP contribution in [0.15, 0.2) is 35.3 Å². The van der Waals surface area contributed by atoms with E-state index in [1.54, 1.807) is 12.0 Å². The van der Waals surface area contributed by atoms with Crippen LogP contribution in [-0.4, -0.2) is 34.4 Å². The van der Waals surface area contributed by atoms with E-state index >= 15 is 0 Å². The second-order valence-electron chi connectivity index (χ2n) is 6.72. The lowest BCUT2D eigenvalue weighted by atomic mass is 10.0. The molecular formula is C19H21N3O3. The first-order valence-electron chi connectivity index (χ1n) is 8.71. The summed E-state index contributed by atoms with van der Waals surface area (Å²) < 4.78 is 5.29. The zero-order valence-electron chi connectivity index (χ0n) is 14.2. The molecule has 1 saturated heterocycles. The highest BCUT2D eigenvalue weighted by Crippen LogP contribution is 2.37. The van der Waals surface area contributed by atoms with Crippen LogP contribution in [0, 0.1) is 0 Å². The van der Waals surface area contributed by atoms with E-state index in [0.717, 1.165) is 37.0 Å². The zero-order valence-corrected chi connectivity index (χ0v) is 14.2. The van der Waals surface area contributed by atoms with Crippen molar-refractivity contribution in [3.05, 3.63) is 57.8 Å². The van der Waals surface area contributed by atoms with Crippen LogP contribution < -0.4 is 10.3 Å². The van der Waals surface area contributed by atoms with Crippen molar-refractivity contribution in [2.24, 2.45) is 0 Å². The molecule has 6 heteroatoms. The molecule has 0 unspecified atom stereocenters. The van der Waals surface area contributed by atoms with E-state index in [9.17, 15) is 9.59 Å². The number of H-pyrrole nitrogens is 1. The number of hydrogen-bond acceptors (Lipinski definition) is 4. The van der Waals surface area contributed by atoms with Crippen molar-refractivity contribution in [2.75, 3.05) is 13.7 Å². The predicted octanol–water partition coefficient (Wildman–Crippen LogP) is 2.63. The number of nitrogens with zero attached hydrogens (tertiary/aromatic N) is 2. The first-order chi connectivity index (χ1) is 12.2. The summed E-state index contributed by atoms with van der Waals surface area (Å²) in [6.45, 7) is 0.643. The van der Waals surface area contributed by atoms with Crippen LogP contribution in [0.3, 0.4) is 0 Å². The molecule has 0 spiro atoms. The Labute approximate surface area is 145 Å². The summed E-state index contributed by atoms with van der Waals surface area (Å²) in [7, 11) is 1.63. The standard InChI is InChI=1S/C19H21N3O3/c1-25-14-5-2-4-13(10-14)16-6-3-9-22(16)19(24)15-11-20-17(12-7-8-12)21-18(15)23/h2,4-5,10-12,16H,3,6-9H2,1H3,(H,20,21,23)/t16-/m1/s1. The first-order valence-corrected chi connectivity index (χ1v) is 8.71. The third-order valence-corrected chi connectivity index (χ3v) is 5.01. The van der Waals surface area contributed by atoms with Gasteiger partial charge < -0.3 is 14.6 Å². The Morgan fingerprint density at radius 3 is 2.88 bits per heavy atom. The molecule has 2 heterocycles. The molecule has 1 aromatic carbocycles. The normalized spacial score (nSPS) is 19.9. The summed E-state index contributed by atoms with van der Waals surface area (Å²) in [6.07, 6.45) is 5.35. The van der Waals surface area contributed by atoms with Gasteiger partial charge in [-0.1, -0.05) is 12.1 Å². The Morgan fingerprint density at radius 2 is 2.16 bits per heavy atom.